The highest BCUT2D eigenvalue weighted by Crippen LogP contribution is 2.45. The molecule has 0 aliphatic heterocycles. The second-order valence-electron chi connectivity index (χ2n) is 7.97. The lowest BCUT2D eigenvalue weighted by Crippen LogP contribution is -2.28. The minimum Gasteiger partial charge on any atom is -0.508 e. The van der Waals surface area contributed by atoms with E-state index in [-0.39, 0.29) is 5.41 Å². The summed E-state index contributed by atoms with van der Waals surface area (Å²) >= 11 is 0. The van der Waals surface area contributed by atoms with E-state index in [0.29, 0.717) is 17.6 Å². The Balaban J connectivity index is 1.91. The number of phenols is 1. The summed E-state index contributed by atoms with van der Waals surface area (Å²) in [5.41, 5.74) is 2.16. The lowest BCUT2D eigenvalue weighted by atomic mass is 9.68. The van der Waals surface area contributed by atoms with Crippen LogP contribution in [0.2, 0.25) is 0 Å². The predicted octanol–water partition coefficient (Wildman–Crippen LogP) is 5.49. The standard InChI is InChI=1S/C20H28N2O/c1-20(2,3)18(14-8-5-4-6-9-14)19-21-13-17(22-19)15-10-7-11-16(23)12-15/h7,10-14,18,23H,4-6,8-9H2,1-3H3,(H,21,22). The molecule has 1 unspecified atom stereocenters. The number of nitrogens with zero attached hydrogens (tertiary/aromatic N) is 1. The summed E-state index contributed by atoms with van der Waals surface area (Å²) in [6, 6.07) is 7.35. The van der Waals surface area contributed by atoms with Crippen LogP contribution in [0.4, 0.5) is 0 Å². The van der Waals surface area contributed by atoms with Crippen LogP contribution in [0.3, 0.4) is 0 Å². The van der Waals surface area contributed by atoms with Crippen LogP contribution in [-0.4, -0.2) is 15.1 Å². The van der Waals surface area contributed by atoms with Gasteiger partial charge in [-0.25, -0.2) is 4.98 Å². The van der Waals surface area contributed by atoms with Gasteiger partial charge in [0.15, 0.2) is 0 Å². The maximum atomic E-state index is 9.69. The number of imidazole rings is 1. The van der Waals surface area contributed by atoms with Gasteiger partial charge in [0.25, 0.3) is 0 Å². The first kappa shape index (κ1) is 16.1. The second kappa shape index (κ2) is 6.38. The minimum atomic E-state index is 0.190. The number of aromatic amines is 1. The van der Waals surface area contributed by atoms with Gasteiger partial charge in [0.2, 0.25) is 0 Å². The first-order valence-electron chi connectivity index (χ1n) is 8.79. The number of phenolic OH excluding ortho intramolecular Hbond substituents is 1. The molecule has 1 aromatic heterocycles. The molecule has 1 heterocycles. The summed E-state index contributed by atoms with van der Waals surface area (Å²) in [5.74, 6) is 2.56. The molecule has 0 spiro atoms. The van der Waals surface area contributed by atoms with Crippen LogP contribution in [0, 0.1) is 11.3 Å². The monoisotopic (exact) mass is 312 g/mol. The quantitative estimate of drug-likeness (QED) is 0.787. The fraction of sp³-hybridized carbons (Fsp3) is 0.550. The Morgan fingerprint density at radius 2 is 1.91 bits per heavy atom. The Bertz CT molecular complexity index is 648. The van der Waals surface area contributed by atoms with E-state index >= 15 is 0 Å². The molecular weight excluding hydrogens is 284 g/mol. The van der Waals surface area contributed by atoms with E-state index in [2.05, 4.69) is 25.8 Å². The van der Waals surface area contributed by atoms with Crippen LogP contribution in [0.25, 0.3) is 11.3 Å². The fourth-order valence-electron chi connectivity index (χ4n) is 4.12. The molecule has 2 aromatic rings. The van der Waals surface area contributed by atoms with Gasteiger partial charge in [-0.1, -0.05) is 52.2 Å². The third-order valence-corrected chi connectivity index (χ3v) is 5.10. The smallest absolute Gasteiger partial charge is 0.116 e. The van der Waals surface area contributed by atoms with Gasteiger partial charge >= 0.3 is 0 Å². The van der Waals surface area contributed by atoms with Crippen molar-refractivity contribution in [2.24, 2.45) is 11.3 Å². The number of hydrogen-bond acceptors (Lipinski definition) is 2. The number of benzene rings is 1. The SMILES string of the molecule is CC(C)(C)C(c1ncc(-c2cccc(O)c2)[nH]1)C1CCCCC1. The normalized spacial score (nSPS) is 18.0. The number of aromatic nitrogens is 2. The number of nitrogens with one attached hydrogen (secondary N) is 1. The van der Waals surface area contributed by atoms with Crippen LogP contribution in [0.1, 0.15) is 64.6 Å². The molecule has 2 N–H and O–H groups in total. The van der Waals surface area contributed by atoms with Crippen LogP contribution in [0.5, 0.6) is 5.75 Å². The molecule has 0 radical (unpaired) electrons. The average Bonchev–Trinajstić information content (AvgIpc) is 2.96. The number of aromatic hydroxyl groups is 1. The van der Waals surface area contributed by atoms with Crippen molar-refractivity contribution in [3.8, 4) is 17.0 Å². The van der Waals surface area contributed by atoms with E-state index in [1.807, 2.05) is 18.3 Å². The Kier molecular flexibility index (Phi) is 4.47. The maximum Gasteiger partial charge on any atom is 0.116 e. The lowest BCUT2D eigenvalue weighted by molar-refractivity contribution is 0.184. The van der Waals surface area contributed by atoms with E-state index in [9.17, 15) is 5.11 Å². The highest BCUT2D eigenvalue weighted by atomic mass is 16.3. The zero-order valence-electron chi connectivity index (χ0n) is 14.5. The zero-order chi connectivity index (χ0) is 16.4. The zero-order valence-corrected chi connectivity index (χ0v) is 14.5. The van der Waals surface area contributed by atoms with Crippen molar-refractivity contribution < 1.29 is 5.11 Å². The molecule has 1 saturated carbocycles. The Morgan fingerprint density at radius 3 is 2.57 bits per heavy atom. The molecular formula is C20H28N2O. The van der Waals surface area contributed by atoms with Crippen molar-refractivity contribution in [3.63, 3.8) is 0 Å². The molecule has 23 heavy (non-hydrogen) atoms. The molecule has 3 heteroatoms. The third-order valence-electron chi connectivity index (χ3n) is 5.10. The van der Waals surface area contributed by atoms with Gasteiger partial charge in [0.05, 0.1) is 11.9 Å². The van der Waals surface area contributed by atoms with Crippen LogP contribution in [-0.2, 0) is 0 Å². The van der Waals surface area contributed by atoms with Gasteiger partial charge < -0.3 is 10.1 Å². The summed E-state index contributed by atoms with van der Waals surface area (Å²) in [6.45, 7) is 6.97. The highest BCUT2D eigenvalue weighted by molar-refractivity contribution is 5.60. The van der Waals surface area contributed by atoms with E-state index in [1.54, 1.807) is 12.1 Å². The minimum absolute atomic E-state index is 0.190. The summed E-state index contributed by atoms with van der Waals surface area (Å²) < 4.78 is 0. The van der Waals surface area contributed by atoms with Crippen molar-refractivity contribution in [2.45, 2.75) is 58.8 Å². The Hall–Kier alpha value is -1.77. The molecule has 1 aliphatic carbocycles. The van der Waals surface area contributed by atoms with Gasteiger partial charge in [0.1, 0.15) is 11.6 Å². The van der Waals surface area contributed by atoms with Crippen LogP contribution in [0.15, 0.2) is 30.5 Å². The summed E-state index contributed by atoms with van der Waals surface area (Å²) in [6.07, 6.45) is 8.59. The first-order chi connectivity index (χ1) is 10.9. The largest absolute Gasteiger partial charge is 0.508 e. The van der Waals surface area contributed by atoms with Crippen molar-refractivity contribution in [3.05, 3.63) is 36.3 Å². The van der Waals surface area contributed by atoms with E-state index in [4.69, 9.17) is 4.98 Å². The number of H-pyrrole nitrogens is 1. The molecule has 124 valence electrons. The fourth-order valence-corrected chi connectivity index (χ4v) is 4.12. The topological polar surface area (TPSA) is 48.9 Å². The molecule has 1 atom stereocenters. The molecule has 1 fully saturated rings. The Labute approximate surface area is 139 Å². The van der Waals surface area contributed by atoms with Gasteiger partial charge in [-0.15, -0.1) is 0 Å². The summed E-state index contributed by atoms with van der Waals surface area (Å²) in [7, 11) is 0. The number of hydrogen-bond donors (Lipinski definition) is 2. The second-order valence-corrected chi connectivity index (χ2v) is 7.97. The maximum absolute atomic E-state index is 9.69. The lowest BCUT2D eigenvalue weighted by Gasteiger charge is -2.38. The van der Waals surface area contributed by atoms with Gasteiger partial charge in [-0.2, -0.15) is 0 Å². The molecule has 3 rings (SSSR count). The predicted molar refractivity (Wildman–Crippen MR) is 94.5 cm³/mol. The van der Waals surface area contributed by atoms with Gasteiger partial charge in [-0.3, -0.25) is 0 Å². The molecule has 0 bridgehead atoms. The van der Waals surface area contributed by atoms with Gasteiger partial charge in [0, 0.05) is 11.5 Å². The van der Waals surface area contributed by atoms with Gasteiger partial charge in [-0.05, 0) is 36.3 Å². The van der Waals surface area contributed by atoms with Crippen LogP contribution < -0.4 is 0 Å². The first-order valence-corrected chi connectivity index (χ1v) is 8.79. The summed E-state index contributed by atoms with van der Waals surface area (Å²) in [5, 5.41) is 9.69. The third kappa shape index (κ3) is 3.60. The van der Waals surface area contributed by atoms with E-state index in [1.165, 1.54) is 32.1 Å². The molecule has 0 saturated heterocycles. The molecule has 1 aromatic carbocycles. The van der Waals surface area contributed by atoms with Crippen molar-refractivity contribution in [2.75, 3.05) is 0 Å². The van der Waals surface area contributed by atoms with E-state index < -0.39 is 0 Å². The van der Waals surface area contributed by atoms with E-state index in [0.717, 1.165) is 17.1 Å². The van der Waals surface area contributed by atoms with Crippen molar-refractivity contribution >= 4 is 0 Å². The van der Waals surface area contributed by atoms with Crippen molar-refractivity contribution in [1.29, 1.82) is 0 Å². The van der Waals surface area contributed by atoms with Crippen molar-refractivity contribution in [1.82, 2.24) is 9.97 Å². The molecule has 0 amide bonds. The Morgan fingerprint density at radius 1 is 1.17 bits per heavy atom. The number of rotatable bonds is 3. The van der Waals surface area contributed by atoms with Crippen LogP contribution >= 0.6 is 0 Å². The summed E-state index contributed by atoms with van der Waals surface area (Å²) in [4.78, 5) is 8.27. The molecule has 3 nitrogen and oxygen atoms in total. The highest BCUT2D eigenvalue weighted by Gasteiger charge is 2.36. The molecule has 1 aliphatic rings. The average molecular weight is 312 g/mol.